The van der Waals surface area contributed by atoms with Gasteiger partial charge in [0.25, 0.3) is 0 Å². The Hall–Kier alpha value is -0.860. The molecule has 0 aromatic heterocycles. The van der Waals surface area contributed by atoms with E-state index in [1.807, 2.05) is 27.7 Å². The van der Waals surface area contributed by atoms with E-state index in [2.05, 4.69) is 25.1 Å². The van der Waals surface area contributed by atoms with E-state index in [4.69, 9.17) is 0 Å². The van der Waals surface area contributed by atoms with Gasteiger partial charge in [-0.05, 0) is 24.5 Å². The summed E-state index contributed by atoms with van der Waals surface area (Å²) in [4.78, 5) is 0. The normalized spacial score (nSPS) is 13.9. The molecule has 1 aromatic rings. The molecule has 2 heteroatoms. The number of fused-ring (bicyclic) bond motifs is 1. The first-order chi connectivity index (χ1) is 7.75. The summed E-state index contributed by atoms with van der Waals surface area (Å²) in [7, 11) is 0. The van der Waals surface area contributed by atoms with E-state index >= 15 is 0 Å². The first kappa shape index (κ1) is 15.1. The minimum absolute atomic E-state index is 0.678. The Balaban J connectivity index is 0.000000509. The summed E-state index contributed by atoms with van der Waals surface area (Å²) in [5, 5.41) is 10.7. The van der Waals surface area contributed by atoms with Crippen LogP contribution in [0.15, 0.2) is 18.2 Å². The Labute approximate surface area is 99.9 Å². The van der Waals surface area contributed by atoms with E-state index in [0.29, 0.717) is 6.54 Å². The van der Waals surface area contributed by atoms with E-state index in [1.54, 1.807) is 0 Å². The summed E-state index contributed by atoms with van der Waals surface area (Å²) >= 11 is 0. The molecule has 0 spiro atoms. The average molecular weight is 223 g/mol. The number of nitrogens with zero attached hydrogens (tertiary/aromatic N) is 1. The van der Waals surface area contributed by atoms with Crippen LogP contribution >= 0.6 is 0 Å². The Bertz CT molecular complexity index is 297. The zero-order chi connectivity index (χ0) is 12.6. The van der Waals surface area contributed by atoms with Crippen molar-refractivity contribution in [3.05, 3.63) is 34.9 Å². The summed E-state index contributed by atoms with van der Waals surface area (Å²) in [6.07, 6.45) is 0.964. The standard InChI is InChI=1S/C10H13NO.2C2H6/c1-8-2-3-9-4-5-11(12)7-10(9)6-8;2*1-2/h2-3,6,12H,4-5,7H2,1H3;2*1-2H3. The third-order valence-corrected chi connectivity index (χ3v) is 2.35. The molecule has 0 radical (unpaired) electrons. The largest absolute Gasteiger partial charge is 0.314 e. The summed E-state index contributed by atoms with van der Waals surface area (Å²) in [6.45, 7) is 11.5. The van der Waals surface area contributed by atoms with Gasteiger partial charge in [0, 0.05) is 13.1 Å². The van der Waals surface area contributed by atoms with E-state index in [-0.39, 0.29) is 0 Å². The van der Waals surface area contributed by atoms with Crippen LogP contribution in [0.1, 0.15) is 44.4 Å². The first-order valence-electron chi connectivity index (χ1n) is 6.28. The van der Waals surface area contributed by atoms with Crippen molar-refractivity contribution in [1.29, 1.82) is 0 Å². The molecule has 0 saturated heterocycles. The van der Waals surface area contributed by atoms with E-state index < -0.39 is 0 Å². The first-order valence-corrected chi connectivity index (χ1v) is 6.28. The highest BCUT2D eigenvalue weighted by Crippen LogP contribution is 2.18. The molecule has 0 amide bonds. The van der Waals surface area contributed by atoms with Crippen molar-refractivity contribution in [1.82, 2.24) is 5.06 Å². The highest BCUT2D eigenvalue weighted by Gasteiger charge is 2.13. The highest BCUT2D eigenvalue weighted by atomic mass is 16.5. The molecule has 0 fully saturated rings. The third-order valence-electron chi connectivity index (χ3n) is 2.35. The SMILES string of the molecule is CC.CC.Cc1ccc2c(c1)CN(O)CC2. The van der Waals surface area contributed by atoms with Gasteiger partial charge in [-0.3, -0.25) is 0 Å². The van der Waals surface area contributed by atoms with Crippen molar-refractivity contribution >= 4 is 0 Å². The molecule has 2 rings (SSSR count). The lowest BCUT2D eigenvalue weighted by atomic mass is 9.99. The maximum Gasteiger partial charge on any atom is 0.0491 e. The van der Waals surface area contributed by atoms with Gasteiger partial charge < -0.3 is 5.21 Å². The van der Waals surface area contributed by atoms with Crippen LogP contribution in [0.3, 0.4) is 0 Å². The van der Waals surface area contributed by atoms with Gasteiger partial charge in [-0.1, -0.05) is 51.5 Å². The van der Waals surface area contributed by atoms with E-state index in [0.717, 1.165) is 13.0 Å². The molecule has 0 aliphatic carbocycles. The molecule has 0 bridgehead atoms. The molecule has 1 heterocycles. The Morgan fingerprint density at radius 2 is 1.69 bits per heavy atom. The van der Waals surface area contributed by atoms with Crippen molar-refractivity contribution in [3.8, 4) is 0 Å². The predicted octanol–water partition coefficient (Wildman–Crippen LogP) is 3.79. The fourth-order valence-corrected chi connectivity index (χ4v) is 1.67. The monoisotopic (exact) mass is 223 g/mol. The Morgan fingerprint density at radius 1 is 1.06 bits per heavy atom. The number of hydroxylamine groups is 2. The van der Waals surface area contributed by atoms with Crippen LogP contribution in [0.2, 0.25) is 0 Å². The fourth-order valence-electron chi connectivity index (χ4n) is 1.67. The second-order valence-corrected chi connectivity index (χ2v) is 3.41. The fraction of sp³-hybridized carbons (Fsp3) is 0.571. The van der Waals surface area contributed by atoms with Gasteiger partial charge in [-0.2, -0.15) is 5.06 Å². The van der Waals surface area contributed by atoms with Gasteiger partial charge in [0.1, 0.15) is 0 Å². The molecular formula is C14H25NO. The van der Waals surface area contributed by atoms with Crippen LogP contribution in [0.4, 0.5) is 0 Å². The molecule has 1 aliphatic rings. The maximum atomic E-state index is 9.28. The van der Waals surface area contributed by atoms with Crippen LogP contribution in [0.25, 0.3) is 0 Å². The molecule has 0 unspecified atom stereocenters. The zero-order valence-electron chi connectivity index (χ0n) is 11.2. The van der Waals surface area contributed by atoms with Crippen molar-refractivity contribution in [2.24, 2.45) is 0 Å². The van der Waals surface area contributed by atoms with Crippen molar-refractivity contribution < 1.29 is 5.21 Å². The molecule has 0 atom stereocenters. The predicted molar refractivity (Wildman–Crippen MR) is 69.8 cm³/mol. The topological polar surface area (TPSA) is 23.5 Å². The maximum absolute atomic E-state index is 9.28. The van der Waals surface area contributed by atoms with Gasteiger partial charge in [-0.25, -0.2) is 0 Å². The minimum atomic E-state index is 0.678. The van der Waals surface area contributed by atoms with Crippen LogP contribution in [-0.2, 0) is 13.0 Å². The zero-order valence-corrected chi connectivity index (χ0v) is 11.2. The van der Waals surface area contributed by atoms with Gasteiger partial charge >= 0.3 is 0 Å². The van der Waals surface area contributed by atoms with Gasteiger partial charge in [-0.15, -0.1) is 0 Å². The number of benzene rings is 1. The van der Waals surface area contributed by atoms with Crippen LogP contribution in [-0.4, -0.2) is 16.8 Å². The van der Waals surface area contributed by atoms with Crippen LogP contribution < -0.4 is 0 Å². The summed E-state index contributed by atoms with van der Waals surface area (Å²) in [5.41, 5.74) is 3.92. The van der Waals surface area contributed by atoms with Crippen LogP contribution in [0, 0.1) is 6.92 Å². The smallest absolute Gasteiger partial charge is 0.0491 e. The van der Waals surface area contributed by atoms with Crippen LogP contribution in [0.5, 0.6) is 0 Å². The summed E-state index contributed by atoms with van der Waals surface area (Å²) in [5.74, 6) is 0. The molecule has 2 nitrogen and oxygen atoms in total. The van der Waals surface area contributed by atoms with Gasteiger partial charge in [0.05, 0.1) is 0 Å². The van der Waals surface area contributed by atoms with Crippen molar-refractivity contribution in [2.75, 3.05) is 6.54 Å². The number of rotatable bonds is 0. The Morgan fingerprint density at radius 3 is 2.31 bits per heavy atom. The average Bonchev–Trinajstić information content (AvgIpc) is 2.33. The summed E-state index contributed by atoms with van der Waals surface area (Å²) < 4.78 is 0. The minimum Gasteiger partial charge on any atom is -0.314 e. The molecule has 1 N–H and O–H groups in total. The van der Waals surface area contributed by atoms with Crippen molar-refractivity contribution in [2.45, 2.75) is 47.6 Å². The number of aryl methyl sites for hydroxylation is 1. The van der Waals surface area contributed by atoms with E-state index in [1.165, 1.54) is 21.8 Å². The molecule has 0 saturated carbocycles. The molecule has 16 heavy (non-hydrogen) atoms. The summed E-state index contributed by atoms with van der Waals surface area (Å²) in [6, 6.07) is 6.45. The lowest BCUT2D eigenvalue weighted by Gasteiger charge is -2.23. The van der Waals surface area contributed by atoms with Crippen molar-refractivity contribution in [3.63, 3.8) is 0 Å². The number of hydrogen-bond acceptors (Lipinski definition) is 2. The lowest BCUT2D eigenvalue weighted by molar-refractivity contribution is -0.103. The molecule has 1 aliphatic heterocycles. The second-order valence-electron chi connectivity index (χ2n) is 3.41. The highest BCUT2D eigenvalue weighted by molar-refractivity contribution is 5.32. The molecule has 1 aromatic carbocycles. The Kier molecular flexibility index (Phi) is 7.86. The lowest BCUT2D eigenvalue weighted by Crippen LogP contribution is -2.27. The molecule has 92 valence electrons. The van der Waals surface area contributed by atoms with E-state index in [9.17, 15) is 5.21 Å². The second kappa shape index (κ2) is 8.31. The third kappa shape index (κ3) is 4.33. The van der Waals surface area contributed by atoms with Gasteiger partial charge in [0.2, 0.25) is 0 Å². The number of hydrogen-bond donors (Lipinski definition) is 1. The quantitative estimate of drug-likeness (QED) is 0.723. The van der Waals surface area contributed by atoms with Gasteiger partial charge in [0.15, 0.2) is 0 Å². The molecular weight excluding hydrogens is 198 g/mol.